The van der Waals surface area contributed by atoms with Crippen LogP contribution in [-0.2, 0) is 0 Å². The first-order chi connectivity index (χ1) is 7.79. The molecule has 0 bridgehead atoms. The molecule has 3 nitrogen and oxygen atoms in total. The highest BCUT2D eigenvalue weighted by Crippen LogP contribution is 2.13. The van der Waals surface area contributed by atoms with Crippen molar-refractivity contribution in [2.24, 2.45) is 0 Å². The van der Waals surface area contributed by atoms with Crippen LogP contribution in [0.3, 0.4) is 0 Å². The van der Waals surface area contributed by atoms with Gasteiger partial charge >= 0.3 is 0 Å². The van der Waals surface area contributed by atoms with Crippen LogP contribution in [-0.4, -0.2) is 43.0 Å². The van der Waals surface area contributed by atoms with E-state index in [4.69, 9.17) is 5.26 Å². The molecule has 17 heavy (non-hydrogen) atoms. The van der Waals surface area contributed by atoms with E-state index in [-0.39, 0.29) is 12.6 Å². The molecule has 0 aliphatic carbocycles. The Bertz CT molecular complexity index is 251. The van der Waals surface area contributed by atoms with Crippen LogP contribution in [0.2, 0.25) is 0 Å². The molecule has 1 N–H and O–H groups in total. The maximum absolute atomic E-state index is 12.1. The zero-order chi connectivity index (χ0) is 13.5. The van der Waals surface area contributed by atoms with Crippen molar-refractivity contribution in [3.8, 4) is 6.07 Å². The monoisotopic (exact) mass is 247 g/mol. The number of nitriles is 1. The first-order valence-electron chi connectivity index (χ1n) is 5.94. The van der Waals surface area contributed by atoms with E-state index in [9.17, 15) is 8.78 Å². The predicted molar refractivity (Wildman–Crippen MR) is 65.0 cm³/mol. The predicted octanol–water partition coefficient (Wildman–Crippen LogP) is 2.24. The SMILES string of the molecule is CC(C)NC(C)(C#N)CCCN(C)CC(F)F. The van der Waals surface area contributed by atoms with Crippen molar-refractivity contribution in [3.05, 3.63) is 0 Å². The smallest absolute Gasteiger partial charge is 0.251 e. The molecule has 0 rings (SSSR count). The van der Waals surface area contributed by atoms with E-state index in [0.717, 1.165) is 6.42 Å². The minimum absolute atomic E-state index is 0.207. The topological polar surface area (TPSA) is 39.1 Å². The summed E-state index contributed by atoms with van der Waals surface area (Å²) in [6.07, 6.45) is -0.904. The fourth-order valence-electron chi connectivity index (χ4n) is 1.83. The second-order valence-electron chi connectivity index (χ2n) is 5.00. The number of hydrogen-bond acceptors (Lipinski definition) is 3. The summed E-state index contributed by atoms with van der Waals surface area (Å²) in [7, 11) is 1.67. The third kappa shape index (κ3) is 8.06. The summed E-state index contributed by atoms with van der Waals surface area (Å²) in [5, 5.41) is 12.3. The summed E-state index contributed by atoms with van der Waals surface area (Å²) >= 11 is 0. The molecule has 1 unspecified atom stereocenters. The molecule has 0 radical (unpaired) electrons. The summed E-state index contributed by atoms with van der Waals surface area (Å²) in [4.78, 5) is 1.60. The molecule has 0 aromatic rings. The molecule has 0 aliphatic heterocycles. The Morgan fingerprint density at radius 3 is 2.41 bits per heavy atom. The molecular weight excluding hydrogens is 224 g/mol. The van der Waals surface area contributed by atoms with Crippen LogP contribution in [0.15, 0.2) is 0 Å². The second kappa shape index (κ2) is 7.57. The van der Waals surface area contributed by atoms with E-state index < -0.39 is 12.0 Å². The lowest BCUT2D eigenvalue weighted by atomic mass is 9.96. The first kappa shape index (κ1) is 16.3. The number of alkyl halides is 2. The lowest BCUT2D eigenvalue weighted by Gasteiger charge is -2.26. The Kier molecular flexibility index (Phi) is 7.24. The first-order valence-corrected chi connectivity index (χ1v) is 5.94. The molecule has 0 amide bonds. The van der Waals surface area contributed by atoms with Crippen LogP contribution >= 0.6 is 0 Å². The van der Waals surface area contributed by atoms with Crippen LogP contribution in [0, 0.1) is 11.3 Å². The average Bonchev–Trinajstić information content (AvgIpc) is 2.15. The van der Waals surface area contributed by atoms with Crippen LogP contribution in [0.25, 0.3) is 0 Å². The summed E-state index contributed by atoms with van der Waals surface area (Å²) < 4.78 is 24.2. The molecule has 0 aromatic carbocycles. The van der Waals surface area contributed by atoms with Crippen LogP contribution in [0.4, 0.5) is 8.78 Å². The zero-order valence-corrected chi connectivity index (χ0v) is 11.1. The van der Waals surface area contributed by atoms with Crippen molar-refractivity contribution in [2.45, 2.75) is 51.6 Å². The minimum Gasteiger partial charge on any atom is -0.301 e. The standard InChI is InChI=1S/C12H23F2N3/c1-10(2)16-12(3,9-15)6-5-7-17(4)8-11(13)14/h10-11,16H,5-8H2,1-4H3. The van der Waals surface area contributed by atoms with Gasteiger partial charge in [0.15, 0.2) is 0 Å². The molecule has 0 saturated carbocycles. The molecule has 100 valence electrons. The molecule has 0 fully saturated rings. The van der Waals surface area contributed by atoms with Gasteiger partial charge in [-0.3, -0.25) is 5.32 Å². The van der Waals surface area contributed by atoms with Gasteiger partial charge in [-0.15, -0.1) is 0 Å². The van der Waals surface area contributed by atoms with Crippen molar-refractivity contribution in [3.63, 3.8) is 0 Å². The number of halogens is 2. The van der Waals surface area contributed by atoms with E-state index in [0.29, 0.717) is 13.0 Å². The molecule has 0 heterocycles. The Morgan fingerprint density at radius 1 is 1.41 bits per heavy atom. The fraction of sp³-hybridized carbons (Fsp3) is 0.917. The summed E-state index contributed by atoms with van der Waals surface area (Å²) in [5.41, 5.74) is -0.570. The van der Waals surface area contributed by atoms with Crippen molar-refractivity contribution in [1.82, 2.24) is 10.2 Å². The average molecular weight is 247 g/mol. The highest BCUT2D eigenvalue weighted by Gasteiger charge is 2.23. The van der Waals surface area contributed by atoms with E-state index in [2.05, 4.69) is 11.4 Å². The molecule has 1 atom stereocenters. The van der Waals surface area contributed by atoms with E-state index in [1.165, 1.54) is 0 Å². The van der Waals surface area contributed by atoms with Gasteiger partial charge in [0, 0.05) is 6.04 Å². The maximum atomic E-state index is 12.1. The molecule has 0 spiro atoms. The van der Waals surface area contributed by atoms with Crippen molar-refractivity contribution in [2.75, 3.05) is 20.1 Å². The van der Waals surface area contributed by atoms with Gasteiger partial charge < -0.3 is 4.90 Å². The van der Waals surface area contributed by atoms with Gasteiger partial charge in [0.05, 0.1) is 12.6 Å². The van der Waals surface area contributed by atoms with Crippen LogP contribution < -0.4 is 5.32 Å². The van der Waals surface area contributed by atoms with Gasteiger partial charge in [0.2, 0.25) is 0 Å². The zero-order valence-electron chi connectivity index (χ0n) is 11.1. The van der Waals surface area contributed by atoms with Gasteiger partial charge in [0.1, 0.15) is 5.54 Å². The van der Waals surface area contributed by atoms with Gasteiger partial charge in [-0.1, -0.05) is 0 Å². The van der Waals surface area contributed by atoms with Gasteiger partial charge in [0.25, 0.3) is 6.43 Å². The van der Waals surface area contributed by atoms with Crippen molar-refractivity contribution >= 4 is 0 Å². The van der Waals surface area contributed by atoms with Gasteiger partial charge in [-0.2, -0.15) is 5.26 Å². The number of hydrogen-bond donors (Lipinski definition) is 1. The number of rotatable bonds is 8. The quantitative estimate of drug-likeness (QED) is 0.715. The van der Waals surface area contributed by atoms with Crippen LogP contribution in [0.1, 0.15) is 33.6 Å². The van der Waals surface area contributed by atoms with E-state index in [1.807, 2.05) is 20.8 Å². The minimum atomic E-state index is -2.30. The Balaban J connectivity index is 3.96. The Morgan fingerprint density at radius 2 is 2.00 bits per heavy atom. The number of nitrogens with zero attached hydrogens (tertiary/aromatic N) is 2. The molecule has 0 saturated heterocycles. The van der Waals surface area contributed by atoms with E-state index >= 15 is 0 Å². The van der Waals surface area contributed by atoms with Crippen molar-refractivity contribution in [1.29, 1.82) is 5.26 Å². The fourth-order valence-corrected chi connectivity index (χ4v) is 1.83. The highest BCUT2D eigenvalue weighted by molar-refractivity contribution is 5.04. The molecule has 0 aliphatic rings. The maximum Gasteiger partial charge on any atom is 0.251 e. The molecule has 0 aromatic heterocycles. The van der Waals surface area contributed by atoms with E-state index in [1.54, 1.807) is 11.9 Å². The van der Waals surface area contributed by atoms with Gasteiger partial charge in [-0.05, 0) is 47.2 Å². The highest BCUT2D eigenvalue weighted by atomic mass is 19.3. The largest absolute Gasteiger partial charge is 0.301 e. The van der Waals surface area contributed by atoms with Crippen molar-refractivity contribution < 1.29 is 8.78 Å². The summed E-state index contributed by atoms with van der Waals surface area (Å²) in [6.45, 7) is 6.19. The lowest BCUT2D eigenvalue weighted by Crippen LogP contribution is -2.45. The summed E-state index contributed by atoms with van der Waals surface area (Å²) in [6, 6.07) is 2.48. The third-order valence-corrected chi connectivity index (χ3v) is 2.52. The molecular formula is C12H23F2N3. The molecule has 5 heteroatoms. The van der Waals surface area contributed by atoms with Crippen LogP contribution in [0.5, 0.6) is 0 Å². The normalized spacial score (nSPS) is 15.3. The lowest BCUT2D eigenvalue weighted by molar-refractivity contribution is 0.0989. The Hall–Kier alpha value is -0.730. The number of nitrogens with one attached hydrogen (secondary N) is 1. The Labute approximate surface area is 103 Å². The second-order valence-corrected chi connectivity index (χ2v) is 5.00. The van der Waals surface area contributed by atoms with Gasteiger partial charge in [-0.25, -0.2) is 8.78 Å². The third-order valence-electron chi connectivity index (χ3n) is 2.52. The summed E-state index contributed by atoms with van der Waals surface area (Å²) in [5.74, 6) is 0.